The number of nitrogens with zero attached hydrogens (tertiary/aromatic N) is 3. The number of benzene rings is 2. The number of amides is 1. The molecule has 1 aromatic heterocycles. The van der Waals surface area contributed by atoms with Gasteiger partial charge in [0, 0.05) is 24.8 Å². The van der Waals surface area contributed by atoms with Crippen LogP contribution in [0.15, 0.2) is 65.6 Å². The number of nitrogens with one attached hydrogen (secondary N) is 1. The fraction of sp³-hybridized carbons (Fsp3) is 0.261. The van der Waals surface area contributed by atoms with Gasteiger partial charge in [-0.15, -0.1) is 0 Å². The monoisotopic (exact) mass is 406 g/mol. The van der Waals surface area contributed by atoms with Crippen LogP contribution in [0.1, 0.15) is 17.5 Å². The summed E-state index contributed by atoms with van der Waals surface area (Å²) in [5, 5.41) is 7.08. The highest BCUT2D eigenvalue weighted by Gasteiger charge is 2.29. The molecule has 1 aliphatic heterocycles. The van der Waals surface area contributed by atoms with E-state index in [-0.39, 0.29) is 23.2 Å². The fourth-order valence-electron chi connectivity index (χ4n) is 3.60. The summed E-state index contributed by atoms with van der Waals surface area (Å²) < 4.78 is 15.1. The van der Waals surface area contributed by atoms with E-state index in [0.717, 1.165) is 5.56 Å². The lowest BCUT2D eigenvalue weighted by Gasteiger charge is -2.18. The molecular formula is C23H23FN4O2. The second-order valence-electron chi connectivity index (χ2n) is 7.58. The summed E-state index contributed by atoms with van der Waals surface area (Å²) >= 11 is 0. The van der Waals surface area contributed by atoms with Crippen LogP contribution in [0.3, 0.4) is 0 Å². The number of hydrogen-bond donors (Lipinski definition) is 1. The standard InChI is InChI=1S/C23H23FN4O2/c1-16-7-8-19(11-21(16)24)26-23(30)18-9-10-27(15-18)20-12-22(29)28(25-13-20)14-17-5-3-2-4-6-17/h2-8,11-13,18H,9-10,14-15H2,1H3,(H,26,30). The highest BCUT2D eigenvalue weighted by Crippen LogP contribution is 2.24. The minimum Gasteiger partial charge on any atom is -0.369 e. The molecule has 1 saturated heterocycles. The maximum Gasteiger partial charge on any atom is 0.269 e. The molecule has 0 bridgehead atoms. The van der Waals surface area contributed by atoms with Crippen LogP contribution < -0.4 is 15.8 Å². The predicted molar refractivity (Wildman–Crippen MR) is 114 cm³/mol. The maximum atomic E-state index is 13.7. The largest absolute Gasteiger partial charge is 0.369 e. The normalized spacial score (nSPS) is 15.9. The molecule has 2 aromatic carbocycles. The maximum absolute atomic E-state index is 13.7. The molecule has 1 amide bonds. The van der Waals surface area contributed by atoms with E-state index in [0.29, 0.717) is 43.0 Å². The Labute approximate surface area is 174 Å². The number of aryl methyl sites for hydroxylation is 1. The molecule has 1 N–H and O–H groups in total. The molecule has 30 heavy (non-hydrogen) atoms. The number of anilines is 2. The van der Waals surface area contributed by atoms with Crippen molar-refractivity contribution in [2.45, 2.75) is 19.9 Å². The third-order valence-corrected chi connectivity index (χ3v) is 5.39. The van der Waals surface area contributed by atoms with E-state index in [1.807, 2.05) is 35.2 Å². The van der Waals surface area contributed by atoms with E-state index in [4.69, 9.17) is 0 Å². The SMILES string of the molecule is Cc1ccc(NC(=O)C2CCN(c3cnn(Cc4ccccc4)c(=O)c3)C2)cc1F. The van der Waals surface area contributed by atoms with E-state index >= 15 is 0 Å². The third kappa shape index (κ3) is 4.40. The molecule has 0 aliphatic carbocycles. The van der Waals surface area contributed by atoms with E-state index in [1.54, 1.807) is 31.3 Å². The minimum atomic E-state index is -0.344. The molecule has 2 heterocycles. The van der Waals surface area contributed by atoms with Gasteiger partial charge in [-0.25, -0.2) is 9.07 Å². The van der Waals surface area contributed by atoms with Crippen LogP contribution in [0.2, 0.25) is 0 Å². The van der Waals surface area contributed by atoms with E-state index in [9.17, 15) is 14.0 Å². The number of carbonyl (C=O) groups excluding carboxylic acids is 1. The molecule has 7 heteroatoms. The van der Waals surface area contributed by atoms with Gasteiger partial charge in [-0.3, -0.25) is 9.59 Å². The van der Waals surface area contributed by atoms with Crippen LogP contribution in [0.4, 0.5) is 15.8 Å². The average molecular weight is 406 g/mol. The molecular weight excluding hydrogens is 383 g/mol. The lowest BCUT2D eigenvalue weighted by atomic mass is 10.1. The molecule has 1 aliphatic rings. The highest BCUT2D eigenvalue weighted by molar-refractivity contribution is 5.93. The van der Waals surface area contributed by atoms with E-state index in [1.165, 1.54) is 10.7 Å². The zero-order valence-corrected chi connectivity index (χ0v) is 16.7. The second-order valence-corrected chi connectivity index (χ2v) is 7.58. The predicted octanol–water partition coefficient (Wildman–Crippen LogP) is 3.20. The zero-order valence-electron chi connectivity index (χ0n) is 16.7. The van der Waals surface area contributed by atoms with Gasteiger partial charge in [-0.2, -0.15) is 5.10 Å². The molecule has 0 radical (unpaired) electrons. The van der Waals surface area contributed by atoms with Gasteiger partial charge in [0.15, 0.2) is 0 Å². The van der Waals surface area contributed by atoms with Crippen molar-refractivity contribution in [2.24, 2.45) is 5.92 Å². The number of hydrogen-bond acceptors (Lipinski definition) is 4. The Hall–Kier alpha value is -3.48. The first-order valence-corrected chi connectivity index (χ1v) is 9.92. The Morgan fingerprint density at radius 1 is 1.20 bits per heavy atom. The highest BCUT2D eigenvalue weighted by atomic mass is 19.1. The molecule has 3 aromatic rings. The quantitative estimate of drug-likeness (QED) is 0.707. The van der Waals surface area contributed by atoms with Crippen molar-refractivity contribution in [3.05, 3.63) is 88.1 Å². The minimum absolute atomic E-state index is 0.147. The topological polar surface area (TPSA) is 67.2 Å². The molecule has 154 valence electrons. The average Bonchev–Trinajstić information content (AvgIpc) is 3.23. The van der Waals surface area contributed by atoms with Gasteiger partial charge in [0.05, 0.1) is 24.3 Å². The van der Waals surface area contributed by atoms with Gasteiger partial charge in [0.1, 0.15) is 5.82 Å². The van der Waals surface area contributed by atoms with Crippen LogP contribution in [-0.4, -0.2) is 28.8 Å². The molecule has 0 saturated carbocycles. The van der Waals surface area contributed by atoms with E-state index in [2.05, 4.69) is 10.4 Å². The smallest absolute Gasteiger partial charge is 0.269 e. The summed E-state index contributed by atoms with van der Waals surface area (Å²) in [6, 6.07) is 15.9. The molecule has 1 unspecified atom stereocenters. The number of carbonyl (C=O) groups is 1. The first-order chi connectivity index (χ1) is 14.5. The van der Waals surface area contributed by atoms with Crippen molar-refractivity contribution in [1.29, 1.82) is 0 Å². The summed E-state index contributed by atoms with van der Waals surface area (Å²) in [7, 11) is 0. The second kappa shape index (κ2) is 8.49. The Morgan fingerprint density at radius 3 is 2.73 bits per heavy atom. The first kappa shape index (κ1) is 19.8. The lowest BCUT2D eigenvalue weighted by Crippen LogP contribution is -2.29. The van der Waals surface area contributed by atoms with Crippen LogP contribution in [0, 0.1) is 18.7 Å². The Balaban J connectivity index is 1.40. The van der Waals surface area contributed by atoms with Crippen molar-refractivity contribution in [2.75, 3.05) is 23.3 Å². The van der Waals surface area contributed by atoms with Crippen LogP contribution in [-0.2, 0) is 11.3 Å². The molecule has 1 atom stereocenters. The number of halogens is 1. The number of rotatable bonds is 5. The van der Waals surface area contributed by atoms with Crippen molar-refractivity contribution >= 4 is 17.3 Å². The van der Waals surface area contributed by atoms with Gasteiger partial charge in [-0.1, -0.05) is 36.4 Å². The third-order valence-electron chi connectivity index (χ3n) is 5.39. The van der Waals surface area contributed by atoms with Crippen LogP contribution >= 0.6 is 0 Å². The van der Waals surface area contributed by atoms with Gasteiger partial charge in [0.2, 0.25) is 5.91 Å². The fourth-order valence-corrected chi connectivity index (χ4v) is 3.60. The molecule has 4 rings (SSSR count). The van der Waals surface area contributed by atoms with Gasteiger partial charge in [0.25, 0.3) is 5.56 Å². The Morgan fingerprint density at radius 2 is 2.00 bits per heavy atom. The summed E-state index contributed by atoms with van der Waals surface area (Å²) in [4.78, 5) is 27.0. The van der Waals surface area contributed by atoms with Gasteiger partial charge < -0.3 is 10.2 Å². The van der Waals surface area contributed by atoms with Crippen LogP contribution in [0.25, 0.3) is 0 Å². The lowest BCUT2D eigenvalue weighted by molar-refractivity contribution is -0.119. The zero-order chi connectivity index (χ0) is 21.1. The first-order valence-electron chi connectivity index (χ1n) is 9.92. The summed E-state index contributed by atoms with van der Waals surface area (Å²) in [6.07, 6.45) is 2.33. The summed E-state index contributed by atoms with van der Waals surface area (Å²) in [5.74, 6) is -0.727. The number of aromatic nitrogens is 2. The Bertz CT molecular complexity index is 1110. The van der Waals surface area contributed by atoms with Crippen molar-refractivity contribution < 1.29 is 9.18 Å². The summed E-state index contributed by atoms with van der Waals surface area (Å²) in [5.41, 5.74) is 2.52. The Kier molecular flexibility index (Phi) is 5.61. The van der Waals surface area contributed by atoms with Crippen LogP contribution in [0.5, 0.6) is 0 Å². The molecule has 0 spiro atoms. The van der Waals surface area contributed by atoms with Crippen molar-refractivity contribution in [3.63, 3.8) is 0 Å². The van der Waals surface area contributed by atoms with Crippen molar-refractivity contribution in [1.82, 2.24) is 9.78 Å². The summed E-state index contributed by atoms with van der Waals surface area (Å²) in [6.45, 7) is 3.24. The van der Waals surface area contributed by atoms with Crippen molar-refractivity contribution in [3.8, 4) is 0 Å². The van der Waals surface area contributed by atoms with E-state index < -0.39 is 0 Å². The molecule has 6 nitrogen and oxygen atoms in total. The van der Waals surface area contributed by atoms with Gasteiger partial charge >= 0.3 is 0 Å². The molecule has 1 fully saturated rings. The van der Waals surface area contributed by atoms with Gasteiger partial charge in [-0.05, 0) is 36.6 Å².